The Kier molecular flexibility index (Phi) is 3.71. The minimum atomic E-state index is -0.0308. The molecule has 0 saturated carbocycles. The van der Waals surface area contributed by atoms with E-state index in [9.17, 15) is 4.79 Å². The van der Waals surface area contributed by atoms with Crippen LogP contribution in [0.5, 0.6) is 0 Å². The van der Waals surface area contributed by atoms with Crippen molar-refractivity contribution in [3.63, 3.8) is 0 Å². The van der Waals surface area contributed by atoms with Crippen molar-refractivity contribution in [1.82, 2.24) is 4.98 Å². The van der Waals surface area contributed by atoms with Crippen LogP contribution in [0.1, 0.15) is 22.8 Å². The Morgan fingerprint density at radius 2 is 1.86 bits per heavy atom. The van der Waals surface area contributed by atoms with E-state index in [1.54, 1.807) is 11.9 Å². The van der Waals surface area contributed by atoms with Crippen LogP contribution in [-0.4, -0.2) is 17.9 Å². The number of nitrogens with zero attached hydrogens (tertiary/aromatic N) is 2. The molecule has 3 aromatic rings. The fraction of sp³-hybridized carbons (Fsp3) is 0.176. The number of hydrogen-bond donors (Lipinski definition) is 0. The van der Waals surface area contributed by atoms with Gasteiger partial charge in [-0.25, -0.2) is 4.98 Å². The first-order valence-electron chi connectivity index (χ1n) is 6.91. The number of carbonyl (C=O) groups is 1. The number of aromatic nitrogens is 1. The Hall–Kier alpha value is -2.20. The summed E-state index contributed by atoms with van der Waals surface area (Å²) in [5.41, 5.74) is 2.85. The molecule has 0 N–H and O–H groups in total. The van der Waals surface area contributed by atoms with E-state index in [0.717, 1.165) is 21.8 Å². The van der Waals surface area contributed by atoms with Crippen molar-refractivity contribution in [3.05, 3.63) is 59.7 Å². The van der Waals surface area contributed by atoms with Gasteiger partial charge in [-0.1, -0.05) is 42.5 Å². The zero-order valence-electron chi connectivity index (χ0n) is 12.0. The van der Waals surface area contributed by atoms with Crippen LogP contribution in [0.15, 0.2) is 48.5 Å². The van der Waals surface area contributed by atoms with Gasteiger partial charge in [0.2, 0.25) is 0 Å². The van der Waals surface area contributed by atoms with Gasteiger partial charge in [0.1, 0.15) is 0 Å². The molecule has 0 saturated heterocycles. The normalized spacial score (nSPS) is 10.8. The smallest absolute Gasteiger partial charge is 0.259 e. The van der Waals surface area contributed by atoms with Crippen LogP contribution in [0.2, 0.25) is 0 Å². The van der Waals surface area contributed by atoms with Gasteiger partial charge in [-0.15, -0.1) is 0 Å². The lowest BCUT2D eigenvalue weighted by Gasteiger charge is -2.13. The van der Waals surface area contributed by atoms with Crippen molar-refractivity contribution < 1.29 is 4.79 Å². The Labute approximate surface area is 127 Å². The van der Waals surface area contributed by atoms with Gasteiger partial charge in [0.05, 0.1) is 10.2 Å². The zero-order valence-corrected chi connectivity index (χ0v) is 12.9. The Morgan fingerprint density at radius 1 is 1.14 bits per heavy atom. The van der Waals surface area contributed by atoms with Gasteiger partial charge < -0.3 is 0 Å². The average molecular weight is 296 g/mol. The summed E-state index contributed by atoms with van der Waals surface area (Å²) >= 11 is 1.53. The highest BCUT2D eigenvalue weighted by Crippen LogP contribution is 2.28. The van der Waals surface area contributed by atoms with E-state index >= 15 is 0 Å². The molecule has 0 unspecified atom stereocenters. The van der Waals surface area contributed by atoms with Crippen molar-refractivity contribution >= 4 is 32.6 Å². The largest absolute Gasteiger partial charge is 0.287 e. The van der Waals surface area contributed by atoms with Gasteiger partial charge in [-0.05, 0) is 36.2 Å². The molecule has 3 nitrogen and oxygen atoms in total. The summed E-state index contributed by atoms with van der Waals surface area (Å²) in [4.78, 5) is 18.6. The van der Waals surface area contributed by atoms with Crippen LogP contribution < -0.4 is 4.90 Å². The van der Waals surface area contributed by atoms with E-state index < -0.39 is 0 Å². The third-order valence-electron chi connectivity index (χ3n) is 3.48. The molecule has 1 aromatic heterocycles. The molecular formula is C17H16N2OS. The second-order valence-electron chi connectivity index (χ2n) is 4.88. The molecule has 106 valence electrons. The third kappa shape index (κ3) is 2.67. The summed E-state index contributed by atoms with van der Waals surface area (Å²) in [6.07, 6.45) is 0.974. The molecule has 21 heavy (non-hydrogen) atoms. The first-order chi connectivity index (χ1) is 10.2. The Bertz CT molecular complexity index is 744. The topological polar surface area (TPSA) is 33.2 Å². The second kappa shape index (κ2) is 5.66. The fourth-order valence-electron chi connectivity index (χ4n) is 2.17. The van der Waals surface area contributed by atoms with E-state index in [4.69, 9.17) is 0 Å². The highest BCUT2D eigenvalue weighted by Gasteiger charge is 2.16. The number of rotatable bonds is 3. The van der Waals surface area contributed by atoms with E-state index in [2.05, 4.69) is 11.9 Å². The van der Waals surface area contributed by atoms with Crippen molar-refractivity contribution in [1.29, 1.82) is 0 Å². The van der Waals surface area contributed by atoms with E-state index in [-0.39, 0.29) is 5.91 Å². The molecule has 1 heterocycles. The quantitative estimate of drug-likeness (QED) is 0.728. The third-order valence-corrected chi connectivity index (χ3v) is 4.60. The molecular weight excluding hydrogens is 280 g/mol. The predicted molar refractivity (Wildman–Crippen MR) is 88.2 cm³/mol. The van der Waals surface area contributed by atoms with Crippen molar-refractivity contribution in [3.8, 4) is 0 Å². The monoisotopic (exact) mass is 296 g/mol. The van der Waals surface area contributed by atoms with Gasteiger partial charge in [0.25, 0.3) is 5.91 Å². The molecule has 0 bridgehead atoms. The van der Waals surface area contributed by atoms with Crippen LogP contribution in [0.4, 0.5) is 5.13 Å². The number of carbonyl (C=O) groups excluding carboxylic acids is 1. The molecule has 0 aliphatic carbocycles. The molecule has 0 aliphatic heterocycles. The van der Waals surface area contributed by atoms with Crippen molar-refractivity contribution in [2.45, 2.75) is 13.3 Å². The summed E-state index contributed by atoms with van der Waals surface area (Å²) in [7, 11) is 1.77. The number of thiazole rings is 1. The average Bonchev–Trinajstić information content (AvgIpc) is 2.97. The number of amides is 1. The minimum absolute atomic E-state index is 0.0308. The van der Waals surface area contributed by atoms with Gasteiger partial charge in [-0.2, -0.15) is 0 Å². The Morgan fingerprint density at radius 3 is 2.52 bits per heavy atom. The minimum Gasteiger partial charge on any atom is -0.287 e. The lowest BCUT2D eigenvalue weighted by atomic mass is 10.1. The van der Waals surface area contributed by atoms with Crippen LogP contribution >= 0.6 is 11.3 Å². The molecule has 4 heteroatoms. The highest BCUT2D eigenvalue weighted by atomic mass is 32.1. The van der Waals surface area contributed by atoms with Gasteiger partial charge >= 0.3 is 0 Å². The first kappa shape index (κ1) is 13.8. The van der Waals surface area contributed by atoms with Crippen molar-refractivity contribution in [2.75, 3.05) is 11.9 Å². The number of anilines is 1. The number of hydrogen-bond acceptors (Lipinski definition) is 3. The molecule has 0 atom stereocenters. The van der Waals surface area contributed by atoms with Crippen molar-refractivity contribution in [2.24, 2.45) is 0 Å². The number of aryl methyl sites for hydroxylation is 1. The van der Waals surface area contributed by atoms with Gasteiger partial charge in [-0.3, -0.25) is 9.69 Å². The first-order valence-corrected chi connectivity index (χ1v) is 7.73. The maximum Gasteiger partial charge on any atom is 0.259 e. The summed E-state index contributed by atoms with van der Waals surface area (Å²) < 4.78 is 1.09. The molecule has 0 spiro atoms. The Balaban J connectivity index is 1.89. The fourth-order valence-corrected chi connectivity index (χ4v) is 3.09. The van der Waals surface area contributed by atoms with E-state index in [0.29, 0.717) is 5.56 Å². The van der Waals surface area contributed by atoms with Gasteiger partial charge in [0, 0.05) is 12.6 Å². The molecule has 1 amide bonds. The number of benzene rings is 2. The van der Waals surface area contributed by atoms with Crippen LogP contribution in [0.3, 0.4) is 0 Å². The highest BCUT2D eigenvalue weighted by molar-refractivity contribution is 7.22. The lowest BCUT2D eigenvalue weighted by molar-refractivity contribution is 0.0993. The zero-order chi connectivity index (χ0) is 14.8. The molecule has 2 aromatic carbocycles. The number of fused-ring (bicyclic) bond motifs is 1. The summed E-state index contributed by atoms with van der Waals surface area (Å²) in [6.45, 7) is 2.10. The standard InChI is InChI=1S/C17H16N2OS/c1-3-12-8-10-13(11-9-12)16(20)19(2)17-18-14-6-4-5-7-15(14)21-17/h4-11H,3H2,1-2H3. The number of para-hydroxylation sites is 1. The summed E-state index contributed by atoms with van der Waals surface area (Å²) in [5.74, 6) is -0.0308. The maximum absolute atomic E-state index is 12.5. The lowest BCUT2D eigenvalue weighted by Crippen LogP contribution is -2.25. The van der Waals surface area contributed by atoms with Crippen LogP contribution in [0.25, 0.3) is 10.2 Å². The van der Waals surface area contributed by atoms with Gasteiger partial charge in [0.15, 0.2) is 5.13 Å². The molecule has 3 rings (SSSR count). The maximum atomic E-state index is 12.5. The molecule has 0 radical (unpaired) electrons. The SMILES string of the molecule is CCc1ccc(C(=O)N(C)c2nc3ccccc3s2)cc1. The van der Waals surface area contributed by atoms with E-state index in [1.807, 2.05) is 48.5 Å². The molecule has 0 aliphatic rings. The van der Waals surface area contributed by atoms with Crippen LogP contribution in [0, 0.1) is 0 Å². The molecule has 0 fully saturated rings. The summed E-state index contributed by atoms with van der Waals surface area (Å²) in [5, 5.41) is 0.723. The van der Waals surface area contributed by atoms with Crippen LogP contribution in [-0.2, 0) is 6.42 Å². The van der Waals surface area contributed by atoms with E-state index in [1.165, 1.54) is 16.9 Å². The summed E-state index contributed by atoms with van der Waals surface area (Å²) in [6, 6.07) is 15.7. The second-order valence-corrected chi connectivity index (χ2v) is 5.89. The predicted octanol–water partition coefficient (Wildman–Crippen LogP) is 4.14.